The number of oxime groups is 1. The van der Waals surface area contributed by atoms with Gasteiger partial charge in [-0.3, -0.25) is 0 Å². The van der Waals surface area contributed by atoms with Crippen molar-refractivity contribution >= 4 is 17.6 Å². The molecule has 1 unspecified atom stereocenters. The Hall–Kier alpha value is -0.420. The Bertz CT molecular complexity index is 170. The van der Waals surface area contributed by atoms with Gasteiger partial charge < -0.3 is 15.7 Å². The minimum atomic E-state index is 0.305. The van der Waals surface area contributed by atoms with Gasteiger partial charge in [0.15, 0.2) is 0 Å². The quantitative estimate of drug-likeness (QED) is 0.231. The van der Waals surface area contributed by atoms with Crippen LogP contribution in [-0.4, -0.2) is 35.3 Å². The fraction of sp³-hybridized carbons (Fsp3) is 0.875. The van der Waals surface area contributed by atoms with E-state index in [0.29, 0.717) is 18.4 Å². The van der Waals surface area contributed by atoms with Gasteiger partial charge in [-0.1, -0.05) is 5.16 Å². The molecule has 5 heteroatoms. The minimum Gasteiger partial charge on any atom is -0.409 e. The number of hydrogen-bond donors (Lipinski definition) is 2. The first-order valence-corrected chi connectivity index (χ1v) is 5.64. The van der Waals surface area contributed by atoms with Crippen molar-refractivity contribution in [1.82, 2.24) is 0 Å². The summed E-state index contributed by atoms with van der Waals surface area (Å²) in [6, 6.07) is 0. The summed E-state index contributed by atoms with van der Waals surface area (Å²) in [6.45, 7) is 0.908. The molecule has 1 aliphatic heterocycles. The Morgan fingerprint density at radius 3 is 3.15 bits per heavy atom. The van der Waals surface area contributed by atoms with E-state index in [9.17, 15) is 0 Å². The third-order valence-corrected chi connectivity index (χ3v) is 3.06. The van der Waals surface area contributed by atoms with E-state index in [1.807, 2.05) is 0 Å². The average Bonchev–Trinajstić information content (AvgIpc) is 2.64. The Kier molecular flexibility index (Phi) is 5.00. The minimum absolute atomic E-state index is 0.305. The number of amidine groups is 1. The van der Waals surface area contributed by atoms with Gasteiger partial charge in [-0.25, -0.2) is 0 Å². The highest BCUT2D eigenvalue weighted by molar-refractivity contribution is 7.99. The smallest absolute Gasteiger partial charge is 0.139 e. The summed E-state index contributed by atoms with van der Waals surface area (Å²) in [7, 11) is 0. The van der Waals surface area contributed by atoms with E-state index in [1.54, 1.807) is 11.8 Å². The molecule has 1 rings (SSSR count). The zero-order valence-electron chi connectivity index (χ0n) is 7.61. The van der Waals surface area contributed by atoms with Crippen LogP contribution in [0.1, 0.15) is 19.3 Å². The van der Waals surface area contributed by atoms with Crippen molar-refractivity contribution in [3.05, 3.63) is 0 Å². The molecule has 76 valence electrons. The fourth-order valence-corrected chi connectivity index (χ4v) is 2.26. The Balaban J connectivity index is 1.94. The molecular formula is C8H16N2O2S. The van der Waals surface area contributed by atoms with E-state index >= 15 is 0 Å². The molecule has 0 radical (unpaired) electrons. The highest BCUT2D eigenvalue weighted by Crippen LogP contribution is 2.17. The Morgan fingerprint density at radius 2 is 2.54 bits per heavy atom. The van der Waals surface area contributed by atoms with Crippen LogP contribution < -0.4 is 5.73 Å². The van der Waals surface area contributed by atoms with Crippen LogP contribution in [-0.2, 0) is 4.74 Å². The molecule has 3 N–H and O–H groups in total. The number of hydrogen-bond acceptors (Lipinski definition) is 4. The Morgan fingerprint density at radius 1 is 1.69 bits per heavy atom. The van der Waals surface area contributed by atoms with Gasteiger partial charge in [0.1, 0.15) is 5.84 Å². The zero-order chi connectivity index (χ0) is 9.52. The third kappa shape index (κ3) is 4.38. The molecule has 0 bridgehead atoms. The molecule has 0 spiro atoms. The van der Waals surface area contributed by atoms with Crippen LogP contribution in [0.4, 0.5) is 0 Å². The van der Waals surface area contributed by atoms with E-state index in [-0.39, 0.29) is 0 Å². The van der Waals surface area contributed by atoms with Crippen LogP contribution in [0, 0.1) is 0 Å². The first kappa shape index (κ1) is 10.7. The summed E-state index contributed by atoms with van der Waals surface area (Å²) in [5.41, 5.74) is 5.32. The van der Waals surface area contributed by atoms with Gasteiger partial charge in [0, 0.05) is 24.5 Å². The van der Waals surface area contributed by atoms with Crippen molar-refractivity contribution in [2.75, 3.05) is 18.1 Å². The molecule has 0 aliphatic carbocycles. The van der Waals surface area contributed by atoms with Crippen LogP contribution in [0.2, 0.25) is 0 Å². The van der Waals surface area contributed by atoms with Crippen LogP contribution in [0.25, 0.3) is 0 Å². The normalized spacial score (nSPS) is 23.7. The standard InChI is InChI=1S/C8H16N2O2S/c9-8(10-11)3-5-13-6-7-2-1-4-12-7/h7,11H,1-6H2,(H2,9,10). The predicted octanol–water partition coefficient (Wildman–Crippen LogP) is 1.04. The molecular weight excluding hydrogens is 188 g/mol. The molecule has 1 atom stereocenters. The topological polar surface area (TPSA) is 67.8 Å². The molecule has 1 saturated heterocycles. The highest BCUT2D eigenvalue weighted by Gasteiger charge is 2.14. The SMILES string of the molecule is NC(CCSCC1CCCO1)=NO. The molecule has 0 aromatic carbocycles. The van der Waals surface area contributed by atoms with E-state index in [0.717, 1.165) is 18.1 Å². The average molecular weight is 204 g/mol. The number of thioether (sulfide) groups is 1. The van der Waals surface area contributed by atoms with E-state index < -0.39 is 0 Å². The lowest BCUT2D eigenvalue weighted by Crippen LogP contribution is -2.13. The molecule has 1 heterocycles. The van der Waals surface area contributed by atoms with Crippen molar-refractivity contribution in [1.29, 1.82) is 0 Å². The predicted molar refractivity (Wildman–Crippen MR) is 54.3 cm³/mol. The lowest BCUT2D eigenvalue weighted by atomic mass is 10.3. The molecule has 4 nitrogen and oxygen atoms in total. The lowest BCUT2D eigenvalue weighted by Gasteiger charge is -2.07. The molecule has 1 aliphatic rings. The molecule has 13 heavy (non-hydrogen) atoms. The summed E-state index contributed by atoms with van der Waals surface area (Å²) < 4.78 is 5.45. The van der Waals surface area contributed by atoms with Gasteiger partial charge in [-0.15, -0.1) is 0 Å². The third-order valence-electron chi connectivity index (χ3n) is 1.96. The van der Waals surface area contributed by atoms with Crippen molar-refractivity contribution < 1.29 is 9.94 Å². The summed E-state index contributed by atoms with van der Waals surface area (Å²) in [6.07, 6.45) is 3.44. The fourth-order valence-electron chi connectivity index (χ4n) is 1.22. The lowest BCUT2D eigenvalue weighted by molar-refractivity contribution is 0.129. The van der Waals surface area contributed by atoms with E-state index in [2.05, 4.69) is 5.16 Å². The summed E-state index contributed by atoms with van der Waals surface area (Å²) in [5.74, 6) is 2.23. The van der Waals surface area contributed by atoms with Gasteiger partial charge in [0.25, 0.3) is 0 Å². The Labute approximate surface area is 82.5 Å². The van der Waals surface area contributed by atoms with Gasteiger partial charge in [-0.2, -0.15) is 11.8 Å². The maximum absolute atomic E-state index is 8.27. The molecule has 0 amide bonds. The maximum Gasteiger partial charge on any atom is 0.139 e. The van der Waals surface area contributed by atoms with Crippen molar-refractivity contribution in [2.45, 2.75) is 25.4 Å². The van der Waals surface area contributed by atoms with Crippen molar-refractivity contribution in [3.8, 4) is 0 Å². The number of rotatable bonds is 5. The first-order valence-electron chi connectivity index (χ1n) is 4.48. The second kappa shape index (κ2) is 6.10. The summed E-state index contributed by atoms with van der Waals surface area (Å²) >= 11 is 1.80. The summed E-state index contributed by atoms with van der Waals surface area (Å²) in [5, 5.41) is 11.2. The second-order valence-corrected chi connectivity index (χ2v) is 4.20. The second-order valence-electron chi connectivity index (χ2n) is 3.05. The van der Waals surface area contributed by atoms with Crippen molar-refractivity contribution in [3.63, 3.8) is 0 Å². The molecule has 1 fully saturated rings. The number of nitrogens with zero attached hydrogens (tertiary/aromatic N) is 1. The number of ether oxygens (including phenoxy) is 1. The monoisotopic (exact) mass is 204 g/mol. The number of nitrogens with two attached hydrogens (primary N) is 1. The largest absolute Gasteiger partial charge is 0.409 e. The highest BCUT2D eigenvalue weighted by atomic mass is 32.2. The molecule has 0 saturated carbocycles. The van der Waals surface area contributed by atoms with Crippen LogP contribution in [0.3, 0.4) is 0 Å². The van der Waals surface area contributed by atoms with Gasteiger partial charge >= 0.3 is 0 Å². The van der Waals surface area contributed by atoms with Crippen LogP contribution in [0.15, 0.2) is 5.16 Å². The maximum atomic E-state index is 8.27. The molecule has 0 aromatic rings. The van der Waals surface area contributed by atoms with Gasteiger partial charge in [0.2, 0.25) is 0 Å². The van der Waals surface area contributed by atoms with Gasteiger partial charge in [-0.05, 0) is 12.8 Å². The zero-order valence-corrected chi connectivity index (χ0v) is 8.42. The van der Waals surface area contributed by atoms with E-state index in [4.69, 9.17) is 15.7 Å². The molecule has 0 aromatic heterocycles. The van der Waals surface area contributed by atoms with Gasteiger partial charge in [0.05, 0.1) is 6.10 Å². The van der Waals surface area contributed by atoms with Crippen molar-refractivity contribution in [2.24, 2.45) is 10.9 Å². The van der Waals surface area contributed by atoms with Crippen LogP contribution in [0.5, 0.6) is 0 Å². The van der Waals surface area contributed by atoms with Crippen LogP contribution >= 0.6 is 11.8 Å². The van der Waals surface area contributed by atoms with E-state index in [1.165, 1.54) is 12.8 Å². The first-order chi connectivity index (χ1) is 6.33. The summed E-state index contributed by atoms with van der Waals surface area (Å²) in [4.78, 5) is 0.